The summed E-state index contributed by atoms with van der Waals surface area (Å²) in [7, 11) is 0. The Morgan fingerprint density at radius 2 is 2.14 bits per heavy atom. The van der Waals surface area contributed by atoms with E-state index in [9.17, 15) is 0 Å². The van der Waals surface area contributed by atoms with Crippen LogP contribution in [0, 0.1) is 6.92 Å². The van der Waals surface area contributed by atoms with Crippen LogP contribution < -0.4 is 0 Å². The van der Waals surface area contributed by atoms with E-state index in [1.165, 1.54) is 22.2 Å². The molecule has 1 N–H and O–H groups in total. The van der Waals surface area contributed by atoms with Crippen molar-refractivity contribution < 1.29 is 4.42 Å². The van der Waals surface area contributed by atoms with Gasteiger partial charge in [-0.2, -0.15) is 0 Å². The Morgan fingerprint density at radius 1 is 1.29 bits per heavy atom. The van der Waals surface area contributed by atoms with Gasteiger partial charge in [0.1, 0.15) is 0 Å². The van der Waals surface area contributed by atoms with Crippen molar-refractivity contribution in [3.63, 3.8) is 0 Å². The lowest BCUT2D eigenvalue weighted by atomic mass is 10.0. The maximum Gasteiger partial charge on any atom is 0.233 e. The van der Waals surface area contributed by atoms with Crippen LogP contribution in [0.4, 0.5) is 0 Å². The number of aryl methyl sites for hydroxylation is 1. The minimum Gasteiger partial charge on any atom is -0.424 e. The van der Waals surface area contributed by atoms with Crippen LogP contribution in [0.25, 0.3) is 10.9 Å². The first-order valence-electron chi connectivity index (χ1n) is 7.35. The summed E-state index contributed by atoms with van der Waals surface area (Å²) < 4.78 is 5.58. The smallest absolute Gasteiger partial charge is 0.233 e. The van der Waals surface area contributed by atoms with Crippen molar-refractivity contribution in [3.8, 4) is 0 Å². The van der Waals surface area contributed by atoms with E-state index in [2.05, 4.69) is 51.3 Å². The van der Waals surface area contributed by atoms with Crippen LogP contribution in [-0.2, 0) is 13.0 Å². The van der Waals surface area contributed by atoms with Gasteiger partial charge in [-0.3, -0.25) is 4.90 Å². The highest BCUT2D eigenvalue weighted by molar-refractivity contribution is 5.84. The van der Waals surface area contributed by atoms with E-state index in [0.29, 0.717) is 11.8 Å². The van der Waals surface area contributed by atoms with Crippen LogP contribution in [0.3, 0.4) is 0 Å². The Morgan fingerprint density at radius 3 is 2.95 bits per heavy atom. The monoisotopic (exact) mass is 282 g/mol. The number of hydrogen-bond acceptors (Lipinski definition) is 4. The summed E-state index contributed by atoms with van der Waals surface area (Å²) in [6.07, 6.45) is 1.03. The molecule has 0 spiro atoms. The fourth-order valence-electron chi connectivity index (χ4n) is 3.15. The normalized spacial score (nSPS) is 17.0. The summed E-state index contributed by atoms with van der Waals surface area (Å²) in [5.74, 6) is 1.33. The molecule has 0 fully saturated rings. The summed E-state index contributed by atoms with van der Waals surface area (Å²) in [4.78, 5) is 5.94. The van der Waals surface area contributed by atoms with Crippen LogP contribution in [0.15, 0.2) is 28.7 Å². The number of para-hydroxylation sites is 1. The minimum atomic E-state index is 0.146. The summed E-state index contributed by atoms with van der Waals surface area (Å²) >= 11 is 0. The molecule has 108 valence electrons. The zero-order chi connectivity index (χ0) is 14.4. The van der Waals surface area contributed by atoms with E-state index < -0.39 is 0 Å². The zero-order valence-corrected chi connectivity index (χ0v) is 12.3. The molecule has 1 aromatic carbocycles. The summed E-state index contributed by atoms with van der Waals surface area (Å²) in [6, 6.07) is 8.65. The molecule has 3 heterocycles. The highest BCUT2D eigenvalue weighted by Gasteiger charge is 2.27. The second-order valence-corrected chi connectivity index (χ2v) is 5.68. The molecular weight excluding hydrogens is 264 g/mol. The van der Waals surface area contributed by atoms with Crippen molar-refractivity contribution in [2.75, 3.05) is 6.54 Å². The fourth-order valence-corrected chi connectivity index (χ4v) is 3.15. The van der Waals surface area contributed by atoms with Gasteiger partial charge in [0.2, 0.25) is 11.8 Å². The van der Waals surface area contributed by atoms with Gasteiger partial charge in [0.05, 0.1) is 6.04 Å². The van der Waals surface area contributed by atoms with Crippen molar-refractivity contribution >= 4 is 10.9 Å². The number of aromatic amines is 1. The Hall–Kier alpha value is -2.14. The average molecular weight is 282 g/mol. The van der Waals surface area contributed by atoms with E-state index in [1.54, 1.807) is 0 Å². The molecule has 21 heavy (non-hydrogen) atoms. The number of H-pyrrole nitrogens is 1. The molecular formula is C16H18N4O. The SMILES string of the molecule is Cc1nnc([C@@H](C)N2CCc3[nH]c4ccccc4c3C2)o1. The largest absolute Gasteiger partial charge is 0.424 e. The first kappa shape index (κ1) is 12.6. The van der Waals surface area contributed by atoms with Crippen LogP contribution in [0.5, 0.6) is 0 Å². The number of nitrogens with zero attached hydrogens (tertiary/aromatic N) is 3. The maximum atomic E-state index is 5.58. The average Bonchev–Trinajstić information content (AvgIpc) is 3.09. The first-order chi connectivity index (χ1) is 10.2. The van der Waals surface area contributed by atoms with Crippen LogP contribution >= 0.6 is 0 Å². The second-order valence-electron chi connectivity index (χ2n) is 5.68. The summed E-state index contributed by atoms with van der Waals surface area (Å²) in [6.45, 7) is 5.88. The number of nitrogens with one attached hydrogen (secondary N) is 1. The molecule has 0 amide bonds. The minimum absolute atomic E-state index is 0.146. The van der Waals surface area contributed by atoms with Crippen molar-refractivity contribution in [1.29, 1.82) is 0 Å². The van der Waals surface area contributed by atoms with Gasteiger partial charge in [0.25, 0.3) is 0 Å². The molecule has 3 aromatic rings. The molecule has 5 nitrogen and oxygen atoms in total. The predicted octanol–water partition coefficient (Wildman–Crippen LogP) is 2.98. The third kappa shape index (κ3) is 2.05. The molecule has 1 aliphatic heterocycles. The predicted molar refractivity (Wildman–Crippen MR) is 79.9 cm³/mol. The number of rotatable bonds is 2. The molecule has 5 heteroatoms. The van der Waals surface area contributed by atoms with E-state index >= 15 is 0 Å². The van der Waals surface area contributed by atoms with Gasteiger partial charge < -0.3 is 9.40 Å². The van der Waals surface area contributed by atoms with Gasteiger partial charge in [0.15, 0.2) is 0 Å². The molecule has 0 radical (unpaired) electrons. The van der Waals surface area contributed by atoms with Crippen LogP contribution in [0.1, 0.15) is 36.0 Å². The molecule has 1 atom stereocenters. The fraction of sp³-hybridized carbons (Fsp3) is 0.375. The first-order valence-corrected chi connectivity index (χ1v) is 7.35. The Balaban J connectivity index is 1.66. The molecule has 0 saturated carbocycles. The highest BCUT2D eigenvalue weighted by Crippen LogP contribution is 2.31. The number of benzene rings is 1. The zero-order valence-electron chi connectivity index (χ0n) is 12.3. The Bertz CT molecular complexity index is 789. The molecule has 4 rings (SSSR count). The van der Waals surface area contributed by atoms with E-state index in [0.717, 1.165) is 19.5 Å². The summed E-state index contributed by atoms with van der Waals surface area (Å²) in [5, 5.41) is 9.42. The van der Waals surface area contributed by atoms with Gasteiger partial charge >= 0.3 is 0 Å². The van der Waals surface area contributed by atoms with Crippen LogP contribution in [-0.4, -0.2) is 26.6 Å². The lowest BCUT2D eigenvalue weighted by Crippen LogP contribution is -2.32. The number of hydrogen-bond donors (Lipinski definition) is 1. The van der Waals surface area contributed by atoms with Crippen LogP contribution in [0.2, 0.25) is 0 Å². The molecule has 0 saturated heterocycles. The third-order valence-corrected chi connectivity index (χ3v) is 4.36. The van der Waals surface area contributed by atoms with E-state index in [-0.39, 0.29) is 6.04 Å². The second kappa shape index (κ2) is 4.70. The Labute approximate surface area is 123 Å². The van der Waals surface area contributed by atoms with Gasteiger partial charge in [0, 0.05) is 43.0 Å². The van der Waals surface area contributed by atoms with Gasteiger partial charge in [-0.1, -0.05) is 18.2 Å². The topological polar surface area (TPSA) is 58.0 Å². The standard InChI is InChI=1S/C16H18N4O/c1-10(16-19-18-11(2)21-16)20-8-7-15-13(9-20)12-5-3-4-6-14(12)17-15/h3-6,10,17H,7-9H2,1-2H3/t10-/m1/s1. The van der Waals surface area contributed by atoms with Crippen molar-refractivity contribution in [1.82, 2.24) is 20.1 Å². The maximum absolute atomic E-state index is 5.58. The number of fused-ring (bicyclic) bond motifs is 3. The van der Waals surface area contributed by atoms with Crippen molar-refractivity contribution in [3.05, 3.63) is 47.3 Å². The van der Waals surface area contributed by atoms with Gasteiger partial charge in [-0.25, -0.2) is 0 Å². The molecule has 1 aliphatic rings. The quantitative estimate of drug-likeness (QED) is 0.785. The molecule has 0 aliphatic carbocycles. The summed E-state index contributed by atoms with van der Waals surface area (Å²) in [5.41, 5.74) is 3.99. The third-order valence-electron chi connectivity index (χ3n) is 4.36. The van der Waals surface area contributed by atoms with Crippen molar-refractivity contribution in [2.45, 2.75) is 32.9 Å². The van der Waals surface area contributed by atoms with Gasteiger partial charge in [-0.15, -0.1) is 10.2 Å². The number of aromatic nitrogens is 3. The highest BCUT2D eigenvalue weighted by atomic mass is 16.4. The lowest BCUT2D eigenvalue weighted by Gasteiger charge is -2.30. The van der Waals surface area contributed by atoms with E-state index in [4.69, 9.17) is 4.42 Å². The van der Waals surface area contributed by atoms with Gasteiger partial charge in [-0.05, 0) is 18.6 Å². The molecule has 2 aromatic heterocycles. The Kier molecular flexibility index (Phi) is 2.82. The van der Waals surface area contributed by atoms with E-state index in [1.807, 2.05) is 6.92 Å². The lowest BCUT2D eigenvalue weighted by molar-refractivity contribution is 0.165. The molecule has 0 bridgehead atoms. The molecule has 0 unspecified atom stereocenters. The van der Waals surface area contributed by atoms with Crippen molar-refractivity contribution in [2.24, 2.45) is 0 Å².